The predicted molar refractivity (Wildman–Crippen MR) is 91.5 cm³/mol. The largest absolute Gasteiger partial charge is 0.501 e. The topological polar surface area (TPSA) is 27.1 Å². The molecule has 0 spiro atoms. The fourth-order valence-electron chi connectivity index (χ4n) is 2.85. The van der Waals surface area contributed by atoms with Crippen molar-refractivity contribution in [3.8, 4) is 11.3 Å². The molecule has 3 heteroatoms. The molecule has 0 N–H and O–H groups in total. The molecular weight excluding hydrogens is 272 g/mol. The van der Waals surface area contributed by atoms with Gasteiger partial charge in [0.05, 0.1) is 18.6 Å². The zero-order chi connectivity index (χ0) is 15.4. The second-order valence-corrected chi connectivity index (χ2v) is 5.02. The Hall–Kier alpha value is -2.55. The summed E-state index contributed by atoms with van der Waals surface area (Å²) < 4.78 is 7.75. The number of nitrogens with zero attached hydrogens (tertiary/aromatic N) is 2. The number of aromatic nitrogens is 2. The van der Waals surface area contributed by atoms with Crippen molar-refractivity contribution in [2.24, 2.45) is 0 Å². The van der Waals surface area contributed by atoms with Gasteiger partial charge in [-0.1, -0.05) is 18.2 Å². The number of pyridine rings is 1. The number of aryl methyl sites for hydroxylation is 1. The van der Waals surface area contributed by atoms with Crippen LogP contribution in [-0.2, 0) is 11.3 Å². The number of fused-ring (bicyclic) bond motifs is 1. The number of hydrogen-bond donors (Lipinski definition) is 0. The lowest BCUT2D eigenvalue weighted by Crippen LogP contribution is -1.97. The summed E-state index contributed by atoms with van der Waals surface area (Å²) in [7, 11) is 0. The van der Waals surface area contributed by atoms with E-state index in [1.165, 1.54) is 22.2 Å². The van der Waals surface area contributed by atoms with Crippen LogP contribution in [0.1, 0.15) is 19.4 Å². The Kier molecular flexibility index (Phi) is 4.24. The minimum atomic E-state index is 0.672. The monoisotopic (exact) mass is 292 g/mol. The smallest absolute Gasteiger partial charge is 0.0845 e. The lowest BCUT2D eigenvalue weighted by molar-refractivity contribution is 0.272. The molecule has 0 saturated carbocycles. The summed E-state index contributed by atoms with van der Waals surface area (Å²) in [5, 5.41) is 1.24. The Labute approximate surface area is 130 Å². The van der Waals surface area contributed by atoms with Crippen LogP contribution in [0.2, 0.25) is 0 Å². The molecule has 1 aromatic carbocycles. The number of hydrogen-bond acceptors (Lipinski definition) is 2. The summed E-state index contributed by atoms with van der Waals surface area (Å²) in [6.45, 7) is 5.74. The predicted octanol–water partition coefficient (Wildman–Crippen LogP) is 4.73. The molecule has 3 nitrogen and oxygen atoms in total. The van der Waals surface area contributed by atoms with Crippen LogP contribution in [0.4, 0.5) is 0 Å². The molecule has 0 unspecified atom stereocenters. The molecule has 22 heavy (non-hydrogen) atoms. The van der Waals surface area contributed by atoms with Gasteiger partial charge in [0.2, 0.25) is 0 Å². The minimum Gasteiger partial charge on any atom is -0.501 e. The van der Waals surface area contributed by atoms with Gasteiger partial charge in [-0.3, -0.25) is 4.98 Å². The van der Waals surface area contributed by atoms with Crippen molar-refractivity contribution in [3.63, 3.8) is 0 Å². The van der Waals surface area contributed by atoms with E-state index in [0.29, 0.717) is 6.61 Å². The Balaban J connectivity index is 2.29. The van der Waals surface area contributed by atoms with Crippen molar-refractivity contribution in [3.05, 3.63) is 60.6 Å². The molecule has 0 aliphatic rings. The highest BCUT2D eigenvalue weighted by molar-refractivity contribution is 5.97. The maximum Gasteiger partial charge on any atom is 0.0845 e. The molecule has 2 heterocycles. The molecule has 2 aromatic heterocycles. The van der Waals surface area contributed by atoms with Crippen LogP contribution in [0.15, 0.2) is 55.1 Å². The first-order chi connectivity index (χ1) is 10.9. The van der Waals surface area contributed by atoms with Gasteiger partial charge in [-0.05, 0) is 38.1 Å². The third-order valence-corrected chi connectivity index (χ3v) is 3.76. The van der Waals surface area contributed by atoms with Crippen molar-refractivity contribution in [1.29, 1.82) is 0 Å². The van der Waals surface area contributed by atoms with Crippen LogP contribution in [0.25, 0.3) is 28.2 Å². The molecule has 0 amide bonds. The van der Waals surface area contributed by atoms with Crippen molar-refractivity contribution >= 4 is 17.0 Å². The standard InChI is InChI=1S/C19H20N2O/c1-3-21-18-10-6-5-9-16(18)17(11-13-22-4-2)19(21)15-8-7-12-20-14-15/h5-14H,3-4H2,1-2H3/b13-11+. The van der Waals surface area contributed by atoms with E-state index in [-0.39, 0.29) is 0 Å². The average molecular weight is 292 g/mol. The molecule has 3 rings (SSSR count). The fourth-order valence-corrected chi connectivity index (χ4v) is 2.85. The summed E-state index contributed by atoms with van der Waals surface area (Å²) in [6, 6.07) is 12.6. The molecule has 0 fully saturated rings. The molecule has 0 aliphatic carbocycles. The normalized spacial score (nSPS) is 11.4. The molecule has 0 bridgehead atoms. The third-order valence-electron chi connectivity index (χ3n) is 3.76. The van der Waals surface area contributed by atoms with Crippen LogP contribution >= 0.6 is 0 Å². The van der Waals surface area contributed by atoms with E-state index in [1.54, 1.807) is 12.5 Å². The molecule has 0 radical (unpaired) electrons. The Morgan fingerprint density at radius 3 is 2.73 bits per heavy atom. The van der Waals surface area contributed by atoms with E-state index >= 15 is 0 Å². The first-order valence-electron chi connectivity index (χ1n) is 7.66. The zero-order valence-electron chi connectivity index (χ0n) is 13.0. The molecule has 0 aliphatic heterocycles. The number of benzene rings is 1. The highest BCUT2D eigenvalue weighted by atomic mass is 16.5. The highest BCUT2D eigenvalue weighted by Gasteiger charge is 2.15. The van der Waals surface area contributed by atoms with Gasteiger partial charge in [-0.15, -0.1) is 0 Å². The quantitative estimate of drug-likeness (QED) is 0.636. The Bertz CT molecular complexity index is 788. The van der Waals surface area contributed by atoms with Crippen molar-refractivity contribution in [1.82, 2.24) is 9.55 Å². The third kappa shape index (κ3) is 2.50. The summed E-state index contributed by atoms with van der Waals surface area (Å²) in [4.78, 5) is 4.28. The number of rotatable bonds is 5. The van der Waals surface area contributed by atoms with Crippen molar-refractivity contribution in [2.45, 2.75) is 20.4 Å². The van der Waals surface area contributed by atoms with Gasteiger partial charge in [0.15, 0.2) is 0 Å². The van der Waals surface area contributed by atoms with E-state index in [9.17, 15) is 0 Å². The van der Waals surface area contributed by atoms with Gasteiger partial charge in [0.25, 0.3) is 0 Å². The second kappa shape index (κ2) is 6.48. The molecule has 0 saturated heterocycles. The lowest BCUT2D eigenvalue weighted by Gasteiger charge is -2.09. The fraction of sp³-hybridized carbons (Fsp3) is 0.211. The minimum absolute atomic E-state index is 0.672. The van der Waals surface area contributed by atoms with Crippen LogP contribution in [-0.4, -0.2) is 16.2 Å². The van der Waals surface area contributed by atoms with Crippen molar-refractivity contribution in [2.75, 3.05) is 6.61 Å². The molecule has 3 aromatic rings. The number of ether oxygens (including phenoxy) is 1. The first-order valence-corrected chi connectivity index (χ1v) is 7.66. The van der Waals surface area contributed by atoms with E-state index < -0.39 is 0 Å². The van der Waals surface area contributed by atoms with Gasteiger partial charge < -0.3 is 9.30 Å². The van der Waals surface area contributed by atoms with Gasteiger partial charge in [0.1, 0.15) is 0 Å². The summed E-state index contributed by atoms with van der Waals surface area (Å²) in [5.41, 5.74) is 4.73. The van der Waals surface area contributed by atoms with Gasteiger partial charge in [0, 0.05) is 41.0 Å². The van der Waals surface area contributed by atoms with Gasteiger partial charge in [-0.25, -0.2) is 0 Å². The average Bonchev–Trinajstić information content (AvgIpc) is 2.90. The lowest BCUT2D eigenvalue weighted by atomic mass is 10.1. The van der Waals surface area contributed by atoms with Gasteiger partial charge in [-0.2, -0.15) is 0 Å². The van der Waals surface area contributed by atoms with E-state index in [2.05, 4.69) is 52.9 Å². The summed E-state index contributed by atoms with van der Waals surface area (Å²) in [5.74, 6) is 0. The molecule has 112 valence electrons. The van der Waals surface area contributed by atoms with E-state index in [1.807, 2.05) is 19.2 Å². The maximum absolute atomic E-state index is 5.41. The Morgan fingerprint density at radius 1 is 1.14 bits per heavy atom. The Morgan fingerprint density at radius 2 is 2.00 bits per heavy atom. The van der Waals surface area contributed by atoms with Gasteiger partial charge >= 0.3 is 0 Å². The highest BCUT2D eigenvalue weighted by Crippen LogP contribution is 2.34. The first kappa shape index (κ1) is 14.4. The van der Waals surface area contributed by atoms with Crippen molar-refractivity contribution < 1.29 is 4.74 Å². The zero-order valence-corrected chi connectivity index (χ0v) is 13.0. The van der Waals surface area contributed by atoms with Crippen LogP contribution in [0.3, 0.4) is 0 Å². The van der Waals surface area contributed by atoms with Crippen LogP contribution in [0, 0.1) is 0 Å². The van der Waals surface area contributed by atoms with Crippen LogP contribution in [0.5, 0.6) is 0 Å². The summed E-state index contributed by atoms with van der Waals surface area (Å²) in [6.07, 6.45) is 7.55. The SMILES string of the molecule is CCO/C=C/c1c(-c2cccnc2)n(CC)c2ccccc12. The van der Waals surface area contributed by atoms with E-state index in [0.717, 1.165) is 12.1 Å². The van der Waals surface area contributed by atoms with E-state index in [4.69, 9.17) is 4.74 Å². The second-order valence-electron chi connectivity index (χ2n) is 5.02. The number of para-hydroxylation sites is 1. The van der Waals surface area contributed by atoms with Crippen LogP contribution < -0.4 is 0 Å². The maximum atomic E-state index is 5.41. The molecule has 0 atom stereocenters. The summed E-state index contributed by atoms with van der Waals surface area (Å²) >= 11 is 0. The molecular formula is C19H20N2O.